The number of fused-ring (bicyclic) bond motifs is 1. The molecule has 1 aliphatic rings. The van der Waals surface area contributed by atoms with E-state index in [4.69, 9.17) is 14.2 Å². The highest BCUT2D eigenvalue weighted by Crippen LogP contribution is 2.34. The maximum atomic E-state index is 14.0. The summed E-state index contributed by atoms with van der Waals surface area (Å²) in [5.41, 5.74) is 0.755. The van der Waals surface area contributed by atoms with E-state index in [0.717, 1.165) is 16.4 Å². The molecule has 0 saturated carbocycles. The van der Waals surface area contributed by atoms with E-state index < -0.39 is 34.3 Å². The van der Waals surface area contributed by atoms with Crippen LogP contribution in [0.1, 0.15) is 25.8 Å². The molecule has 42 heavy (non-hydrogen) atoms. The molecule has 0 bridgehead atoms. The van der Waals surface area contributed by atoms with Crippen molar-refractivity contribution in [2.75, 3.05) is 37.7 Å². The van der Waals surface area contributed by atoms with Gasteiger partial charge in [-0.3, -0.25) is 13.9 Å². The van der Waals surface area contributed by atoms with Crippen molar-refractivity contribution >= 4 is 27.5 Å². The van der Waals surface area contributed by atoms with Crippen LogP contribution in [0.4, 0.5) is 10.1 Å². The third kappa shape index (κ3) is 7.11. The SMILES string of the molecule is CCCNC(=O)[C@@H](C)N(Cc1cccc(OC)c1)C(=O)CN(c1ccc(F)cc1)S(=O)(=O)c1ccc2c(c1)OCCO2. The first-order chi connectivity index (χ1) is 20.1. The summed E-state index contributed by atoms with van der Waals surface area (Å²) in [5.74, 6) is -0.354. The van der Waals surface area contributed by atoms with Gasteiger partial charge in [0.1, 0.15) is 37.4 Å². The number of methoxy groups -OCH3 is 1. The predicted octanol–water partition coefficient (Wildman–Crippen LogP) is 3.74. The Balaban J connectivity index is 1.71. The second-order valence-electron chi connectivity index (χ2n) is 9.63. The number of nitrogens with zero attached hydrogens (tertiary/aromatic N) is 2. The Hall–Kier alpha value is -4.32. The topological polar surface area (TPSA) is 114 Å². The lowest BCUT2D eigenvalue weighted by atomic mass is 10.1. The van der Waals surface area contributed by atoms with Gasteiger partial charge in [0, 0.05) is 19.2 Å². The number of nitrogens with one attached hydrogen (secondary N) is 1. The van der Waals surface area contributed by atoms with Crippen molar-refractivity contribution in [1.82, 2.24) is 10.2 Å². The van der Waals surface area contributed by atoms with Crippen molar-refractivity contribution in [2.45, 2.75) is 37.8 Å². The van der Waals surface area contributed by atoms with Crippen LogP contribution in [0.2, 0.25) is 0 Å². The quantitative estimate of drug-likeness (QED) is 0.337. The summed E-state index contributed by atoms with van der Waals surface area (Å²) >= 11 is 0. The van der Waals surface area contributed by atoms with Crippen LogP contribution in [0.3, 0.4) is 0 Å². The van der Waals surface area contributed by atoms with Crippen molar-refractivity contribution in [2.24, 2.45) is 0 Å². The van der Waals surface area contributed by atoms with Gasteiger partial charge in [-0.05, 0) is 67.4 Å². The van der Waals surface area contributed by atoms with Crippen LogP contribution < -0.4 is 23.8 Å². The van der Waals surface area contributed by atoms with Crippen molar-refractivity contribution in [3.8, 4) is 17.2 Å². The monoisotopic (exact) mass is 599 g/mol. The number of hydrogen-bond donors (Lipinski definition) is 1. The Morgan fingerprint density at radius 3 is 2.43 bits per heavy atom. The molecule has 10 nitrogen and oxygen atoms in total. The van der Waals surface area contributed by atoms with E-state index in [1.54, 1.807) is 31.2 Å². The van der Waals surface area contributed by atoms with Crippen LogP contribution in [0.15, 0.2) is 71.6 Å². The lowest BCUT2D eigenvalue weighted by Gasteiger charge is -2.32. The number of halogens is 1. The van der Waals surface area contributed by atoms with Crippen LogP contribution in [0.5, 0.6) is 17.2 Å². The van der Waals surface area contributed by atoms with Gasteiger partial charge >= 0.3 is 0 Å². The Kier molecular flexibility index (Phi) is 9.89. The number of rotatable bonds is 12. The first-order valence-electron chi connectivity index (χ1n) is 13.5. The van der Waals surface area contributed by atoms with Gasteiger partial charge in [-0.2, -0.15) is 0 Å². The van der Waals surface area contributed by atoms with Crippen LogP contribution in [0, 0.1) is 5.82 Å². The lowest BCUT2D eigenvalue weighted by molar-refractivity contribution is -0.139. The van der Waals surface area contributed by atoms with Gasteiger partial charge in [-0.1, -0.05) is 19.1 Å². The van der Waals surface area contributed by atoms with E-state index >= 15 is 0 Å². The molecule has 0 unspecified atom stereocenters. The van der Waals surface area contributed by atoms with Crippen molar-refractivity contribution in [3.63, 3.8) is 0 Å². The Morgan fingerprint density at radius 1 is 1.02 bits per heavy atom. The normalized spacial score (nSPS) is 13.1. The highest BCUT2D eigenvalue weighted by molar-refractivity contribution is 7.92. The molecule has 4 rings (SSSR count). The molecular formula is C30H34FN3O7S. The molecule has 1 heterocycles. The molecule has 0 fully saturated rings. The zero-order valence-electron chi connectivity index (χ0n) is 23.7. The third-order valence-electron chi connectivity index (χ3n) is 6.70. The highest BCUT2D eigenvalue weighted by atomic mass is 32.2. The molecular weight excluding hydrogens is 565 g/mol. The fourth-order valence-corrected chi connectivity index (χ4v) is 5.82. The molecule has 0 spiro atoms. The first-order valence-corrected chi connectivity index (χ1v) is 15.0. The highest BCUT2D eigenvalue weighted by Gasteiger charge is 2.33. The standard InChI is InChI=1S/C30H34FN3O7S/c1-4-14-32-30(36)21(2)33(19-22-6-5-7-25(17-22)39-3)29(35)20-34(24-10-8-23(31)9-11-24)42(37,38)26-12-13-27-28(18-26)41-16-15-40-27/h5-13,17-18,21H,4,14-16,19-20H2,1-3H3,(H,32,36)/t21-/m1/s1. The second kappa shape index (κ2) is 13.6. The molecule has 0 radical (unpaired) electrons. The van der Waals surface area contributed by atoms with Crippen LogP contribution in [0.25, 0.3) is 0 Å². The number of anilines is 1. The molecule has 1 N–H and O–H groups in total. The van der Waals surface area contributed by atoms with Gasteiger partial charge in [-0.15, -0.1) is 0 Å². The van der Waals surface area contributed by atoms with E-state index in [-0.39, 0.29) is 35.4 Å². The Morgan fingerprint density at radius 2 is 1.74 bits per heavy atom. The first kappa shape index (κ1) is 30.6. The number of benzene rings is 3. The number of carbonyl (C=O) groups is 2. The summed E-state index contributed by atoms with van der Waals surface area (Å²) in [7, 11) is -2.85. The van der Waals surface area contributed by atoms with Gasteiger partial charge in [0.15, 0.2) is 11.5 Å². The minimum atomic E-state index is -4.37. The van der Waals surface area contributed by atoms with E-state index in [1.807, 2.05) is 6.92 Å². The molecule has 0 aromatic heterocycles. The summed E-state index contributed by atoms with van der Waals surface area (Å²) in [6.07, 6.45) is 0.703. The molecule has 0 aliphatic carbocycles. The average Bonchev–Trinajstić information content (AvgIpc) is 3.01. The summed E-state index contributed by atoms with van der Waals surface area (Å²) in [6, 6.07) is 15.1. The zero-order valence-corrected chi connectivity index (χ0v) is 24.5. The van der Waals surface area contributed by atoms with E-state index in [1.165, 1.54) is 42.3 Å². The van der Waals surface area contributed by atoms with Crippen LogP contribution in [-0.2, 0) is 26.2 Å². The number of amides is 2. The smallest absolute Gasteiger partial charge is 0.264 e. The van der Waals surface area contributed by atoms with E-state index in [0.29, 0.717) is 36.6 Å². The van der Waals surface area contributed by atoms with Gasteiger partial charge in [0.05, 0.1) is 17.7 Å². The van der Waals surface area contributed by atoms with Crippen molar-refractivity contribution in [1.29, 1.82) is 0 Å². The Labute approximate surface area is 245 Å². The number of carbonyl (C=O) groups excluding carboxylic acids is 2. The predicted molar refractivity (Wildman–Crippen MR) is 155 cm³/mol. The maximum Gasteiger partial charge on any atom is 0.264 e. The fourth-order valence-electron chi connectivity index (χ4n) is 4.39. The average molecular weight is 600 g/mol. The number of hydrogen-bond acceptors (Lipinski definition) is 7. The minimum absolute atomic E-state index is 0.0120. The molecule has 12 heteroatoms. The molecule has 1 aliphatic heterocycles. The largest absolute Gasteiger partial charge is 0.497 e. The van der Waals surface area contributed by atoms with Crippen molar-refractivity contribution < 1.29 is 36.6 Å². The van der Waals surface area contributed by atoms with Gasteiger partial charge in [0.2, 0.25) is 11.8 Å². The zero-order chi connectivity index (χ0) is 30.3. The second-order valence-corrected chi connectivity index (χ2v) is 11.5. The summed E-state index contributed by atoms with van der Waals surface area (Å²) in [4.78, 5) is 28.1. The molecule has 2 amide bonds. The molecule has 3 aromatic rings. The molecule has 0 saturated heterocycles. The van der Waals surface area contributed by atoms with Gasteiger partial charge < -0.3 is 24.4 Å². The van der Waals surface area contributed by atoms with Crippen LogP contribution in [-0.4, -0.2) is 64.6 Å². The van der Waals surface area contributed by atoms with E-state index in [2.05, 4.69) is 5.32 Å². The number of ether oxygens (including phenoxy) is 3. The lowest BCUT2D eigenvalue weighted by Crippen LogP contribution is -2.51. The summed E-state index contributed by atoms with van der Waals surface area (Å²) in [6.45, 7) is 3.87. The summed E-state index contributed by atoms with van der Waals surface area (Å²) < 4.78 is 59.1. The maximum absolute atomic E-state index is 14.0. The van der Waals surface area contributed by atoms with Gasteiger partial charge in [-0.25, -0.2) is 12.8 Å². The Bertz CT molecular complexity index is 1520. The third-order valence-corrected chi connectivity index (χ3v) is 8.47. The van der Waals surface area contributed by atoms with Gasteiger partial charge in [0.25, 0.3) is 10.0 Å². The van der Waals surface area contributed by atoms with E-state index in [9.17, 15) is 22.4 Å². The fraction of sp³-hybridized carbons (Fsp3) is 0.333. The summed E-state index contributed by atoms with van der Waals surface area (Å²) in [5, 5.41) is 2.80. The number of sulfonamides is 1. The minimum Gasteiger partial charge on any atom is -0.497 e. The molecule has 3 aromatic carbocycles. The molecule has 1 atom stereocenters. The molecule has 224 valence electrons. The van der Waals surface area contributed by atoms with Crippen molar-refractivity contribution in [3.05, 3.63) is 78.1 Å². The van der Waals surface area contributed by atoms with Crippen LogP contribution >= 0.6 is 0 Å².